The first-order valence-electron chi connectivity index (χ1n) is 6.82. The van der Waals surface area contributed by atoms with Gasteiger partial charge in [0.2, 0.25) is 0 Å². The molecule has 2 nitrogen and oxygen atoms in total. The van der Waals surface area contributed by atoms with Crippen molar-refractivity contribution in [1.29, 1.82) is 5.26 Å². The van der Waals surface area contributed by atoms with Gasteiger partial charge in [-0.05, 0) is 30.5 Å². The largest absolute Gasteiger partial charge is 0.380 e. The lowest BCUT2D eigenvalue weighted by Gasteiger charge is -2.43. The van der Waals surface area contributed by atoms with Gasteiger partial charge in [0, 0.05) is 6.04 Å². The predicted octanol–water partition coefficient (Wildman–Crippen LogP) is 4.51. The third-order valence-electron chi connectivity index (χ3n) is 4.04. The molecule has 2 aromatic rings. The monoisotopic (exact) mass is 300 g/mol. The van der Waals surface area contributed by atoms with Gasteiger partial charge >= 0.3 is 0 Å². The molecule has 0 aromatic heterocycles. The molecule has 106 valence electrons. The van der Waals surface area contributed by atoms with E-state index < -0.39 is 11.2 Å². The minimum Gasteiger partial charge on any atom is -0.380 e. The molecule has 1 aliphatic rings. The highest BCUT2D eigenvalue weighted by atomic mass is 35.5. The first-order chi connectivity index (χ1) is 10.1. The Kier molecular flexibility index (Phi) is 3.57. The van der Waals surface area contributed by atoms with Crippen molar-refractivity contribution in [2.45, 2.75) is 24.3 Å². The molecule has 0 amide bonds. The minimum atomic E-state index is -0.464. The number of anilines is 1. The number of nitrogens with zero attached hydrogens (tertiary/aromatic N) is 1. The average Bonchev–Trinajstić information content (AvgIpc) is 2.48. The number of hydrogen-bond donors (Lipinski definition) is 1. The Balaban J connectivity index is 1.73. The molecule has 2 aromatic carbocycles. The predicted molar refractivity (Wildman–Crippen MR) is 81.8 cm³/mol. The van der Waals surface area contributed by atoms with Crippen LogP contribution in [0.25, 0.3) is 0 Å². The highest BCUT2D eigenvalue weighted by Crippen LogP contribution is 2.44. The fourth-order valence-electron chi connectivity index (χ4n) is 2.87. The van der Waals surface area contributed by atoms with Crippen LogP contribution in [-0.2, 0) is 5.41 Å². The maximum absolute atomic E-state index is 13.9. The number of nitriles is 1. The number of nitrogens with one attached hydrogen (secondary N) is 1. The Morgan fingerprint density at radius 3 is 2.52 bits per heavy atom. The molecule has 0 bridgehead atoms. The van der Waals surface area contributed by atoms with Crippen LogP contribution in [0, 0.1) is 17.1 Å². The zero-order valence-corrected chi connectivity index (χ0v) is 12.1. The van der Waals surface area contributed by atoms with E-state index in [1.54, 1.807) is 12.1 Å². The smallest absolute Gasteiger partial charge is 0.164 e. The SMILES string of the molecule is N#CC1(c2ccccc2)CC(Nc2cccc(Cl)c2F)C1. The summed E-state index contributed by atoms with van der Waals surface area (Å²) in [5, 5.41) is 12.7. The second kappa shape index (κ2) is 5.38. The summed E-state index contributed by atoms with van der Waals surface area (Å²) in [4.78, 5) is 0. The first-order valence-corrected chi connectivity index (χ1v) is 7.20. The van der Waals surface area contributed by atoms with Gasteiger partial charge < -0.3 is 5.32 Å². The summed E-state index contributed by atoms with van der Waals surface area (Å²) in [6.45, 7) is 0. The van der Waals surface area contributed by atoms with Crippen molar-refractivity contribution < 1.29 is 4.39 Å². The Bertz CT molecular complexity index is 688. The quantitative estimate of drug-likeness (QED) is 0.905. The van der Waals surface area contributed by atoms with Crippen LogP contribution in [0.4, 0.5) is 10.1 Å². The molecule has 0 atom stereocenters. The molecule has 0 aliphatic heterocycles. The van der Waals surface area contributed by atoms with Crippen LogP contribution in [0.15, 0.2) is 48.5 Å². The Morgan fingerprint density at radius 1 is 1.14 bits per heavy atom. The van der Waals surface area contributed by atoms with Crippen LogP contribution in [0.1, 0.15) is 18.4 Å². The van der Waals surface area contributed by atoms with E-state index in [1.165, 1.54) is 6.07 Å². The summed E-state index contributed by atoms with van der Waals surface area (Å²) in [6.07, 6.45) is 1.33. The van der Waals surface area contributed by atoms with E-state index in [0.29, 0.717) is 18.5 Å². The topological polar surface area (TPSA) is 35.8 Å². The van der Waals surface area contributed by atoms with Crippen molar-refractivity contribution in [3.05, 3.63) is 64.9 Å². The molecular formula is C17H14ClFN2. The maximum atomic E-state index is 13.9. The highest BCUT2D eigenvalue weighted by Gasteiger charge is 2.46. The van der Waals surface area contributed by atoms with E-state index >= 15 is 0 Å². The van der Waals surface area contributed by atoms with E-state index in [4.69, 9.17) is 11.6 Å². The molecule has 0 unspecified atom stereocenters. The molecule has 1 saturated carbocycles. The molecule has 0 radical (unpaired) electrons. The summed E-state index contributed by atoms with van der Waals surface area (Å²) < 4.78 is 13.9. The van der Waals surface area contributed by atoms with Crippen molar-refractivity contribution in [3.8, 4) is 6.07 Å². The van der Waals surface area contributed by atoms with Crippen molar-refractivity contribution in [1.82, 2.24) is 0 Å². The molecule has 1 aliphatic carbocycles. The lowest BCUT2D eigenvalue weighted by atomic mass is 9.62. The van der Waals surface area contributed by atoms with E-state index in [9.17, 15) is 9.65 Å². The van der Waals surface area contributed by atoms with Crippen molar-refractivity contribution >= 4 is 17.3 Å². The maximum Gasteiger partial charge on any atom is 0.164 e. The summed E-state index contributed by atoms with van der Waals surface area (Å²) in [7, 11) is 0. The zero-order valence-electron chi connectivity index (χ0n) is 11.3. The van der Waals surface area contributed by atoms with E-state index in [0.717, 1.165) is 5.56 Å². The van der Waals surface area contributed by atoms with Gasteiger partial charge in [0.15, 0.2) is 5.82 Å². The third-order valence-corrected chi connectivity index (χ3v) is 4.33. The van der Waals surface area contributed by atoms with Crippen LogP contribution >= 0.6 is 11.6 Å². The van der Waals surface area contributed by atoms with E-state index in [1.807, 2.05) is 30.3 Å². The third kappa shape index (κ3) is 2.48. The van der Waals surface area contributed by atoms with E-state index in [2.05, 4.69) is 11.4 Å². The number of halogens is 2. The fraction of sp³-hybridized carbons (Fsp3) is 0.235. The molecule has 0 saturated heterocycles. The molecular weight excluding hydrogens is 287 g/mol. The van der Waals surface area contributed by atoms with Crippen LogP contribution in [0.2, 0.25) is 5.02 Å². The molecule has 3 rings (SSSR count). The lowest BCUT2D eigenvalue weighted by Crippen LogP contribution is -2.47. The van der Waals surface area contributed by atoms with Crippen molar-refractivity contribution in [2.24, 2.45) is 0 Å². The lowest BCUT2D eigenvalue weighted by molar-refractivity contribution is 0.289. The van der Waals surface area contributed by atoms with Gasteiger partial charge in [0.25, 0.3) is 0 Å². The first kappa shape index (κ1) is 13.9. The van der Waals surface area contributed by atoms with Crippen LogP contribution < -0.4 is 5.32 Å². The number of hydrogen-bond acceptors (Lipinski definition) is 2. The zero-order chi connectivity index (χ0) is 14.9. The van der Waals surface area contributed by atoms with Gasteiger partial charge in [-0.15, -0.1) is 0 Å². The van der Waals surface area contributed by atoms with Crippen LogP contribution in [0.3, 0.4) is 0 Å². The molecule has 4 heteroatoms. The Morgan fingerprint density at radius 2 is 1.86 bits per heavy atom. The molecule has 0 spiro atoms. The molecule has 1 fully saturated rings. The fourth-order valence-corrected chi connectivity index (χ4v) is 3.04. The summed E-state index contributed by atoms with van der Waals surface area (Å²) in [6, 6.07) is 17.1. The highest BCUT2D eigenvalue weighted by molar-refractivity contribution is 6.31. The second-order valence-corrected chi connectivity index (χ2v) is 5.82. The average molecular weight is 301 g/mol. The second-order valence-electron chi connectivity index (χ2n) is 5.41. The molecule has 0 heterocycles. The van der Waals surface area contributed by atoms with Crippen LogP contribution in [-0.4, -0.2) is 6.04 Å². The van der Waals surface area contributed by atoms with Gasteiger partial charge in [-0.3, -0.25) is 0 Å². The standard InChI is InChI=1S/C17H14ClFN2/c18-14-7-4-8-15(16(14)19)21-13-9-17(10-13,11-20)12-5-2-1-3-6-12/h1-8,13,21H,9-10H2. The van der Waals surface area contributed by atoms with Gasteiger partial charge in [-0.1, -0.05) is 48.0 Å². The van der Waals surface area contributed by atoms with Crippen molar-refractivity contribution in [2.75, 3.05) is 5.32 Å². The van der Waals surface area contributed by atoms with Gasteiger partial charge in [0.1, 0.15) is 0 Å². The number of benzene rings is 2. The number of rotatable bonds is 3. The van der Waals surface area contributed by atoms with Crippen LogP contribution in [0.5, 0.6) is 0 Å². The van der Waals surface area contributed by atoms with Gasteiger partial charge in [-0.2, -0.15) is 5.26 Å². The van der Waals surface area contributed by atoms with Crippen molar-refractivity contribution in [3.63, 3.8) is 0 Å². The Labute approximate surface area is 128 Å². The molecule has 21 heavy (non-hydrogen) atoms. The normalized spacial score (nSPS) is 24.0. The van der Waals surface area contributed by atoms with Gasteiger partial charge in [0.05, 0.1) is 22.2 Å². The minimum absolute atomic E-state index is 0.0813. The van der Waals surface area contributed by atoms with E-state index in [-0.39, 0.29) is 11.1 Å². The Hall–Kier alpha value is -2.05. The summed E-state index contributed by atoms with van der Waals surface area (Å²) in [5.41, 5.74) is 0.956. The summed E-state index contributed by atoms with van der Waals surface area (Å²) >= 11 is 5.77. The van der Waals surface area contributed by atoms with Gasteiger partial charge in [-0.25, -0.2) is 4.39 Å². The summed E-state index contributed by atoms with van der Waals surface area (Å²) in [5.74, 6) is -0.437. The molecule has 1 N–H and O–H groups in total.